The van der Waals surface area contributed by atoms with Gasteiger partial charge in [0.15, 0.2) is 5.16 Å². The summed E-state index contributed by atoms with van der Waals surface area (Å²) in [6.45, 7) is 4.70. The highest BCUT2D eigenvalue weighted by atomic mass is 32.2. The quantitative estimate of drug-likeness (QED) is 0.410. The van der Waals surface area contributed by atoms with Gasteiger partial charge in [-0.15, -0.1) is 0 Å². The Labute approximate surface area is 151 Å². The molecule has 4 nitrogen and oxygen atoms in total. The Morgan fingerprint density at radius 3 is 2.60 bits per heavy atom. The van der Waals surface area contributed by atoms with Crippen LogP contribution in [0.5, 0.6) is 5.75 Å². The fraction of sp³-hybridized carbons (Fsp3) is 0.200. The monoisotopic (exact) mass is 352 g/mol. The number of hydrogen-bond acceptors (Lipinski definition) is 4. The molecule has 0 radical (unpaired) electrons. The van der Waals surface area contributed by atoms with Crippen molar-refractivity contribution in [2.45, 2.75) is 19.0 Å². The number of nitrogens with one attached hydrogen (secondary N) is 1. The lowest BCUT2D eigenvalue weighted by Gasteiger charge is -2.08. The van der Waals surface area contributed by atoms with E-state index < -0.39 is 0 Å². The molecule has 128 valence electrons. The summed E-state index contributed by atoms with van der Waals surface area (Å²) < 4.78 is 5.77. The highest BCUT2D eigenvalue weighted by molar-refractivity contribution is 7.99. The number of rotatable bonds is 6. The van der Waals surface area contributed by atoms with E-state index in [4.69, 9.17) is 4.74 Å². The van der Waals surface area contributed by atoms with Crippen LogP contribution in [0.2, 0.25) is 0 Å². The van der Waals surface area contributed by atoms with Gasteiger partial charge < -0.3 is 9.72 Å². The molecule has 3 rings (SSSR count). The van der Waals surface area contributed by atoms with Gasteiger partial charge in [0.2, 0.25) is 0 Å². The third kappa shape index (κ3) is 4.73. The molecule has 1 heterocycles. The topological polar surface area (TPSA) is 55.0 Å². The molecule has 0 saturated carbocycles. The van der Waals surface area contributed by atoms with E-state index in [1.54, 1.807) is 0 Å². The van der Waals surface area contributed by atoms with E-state index in [-0.39, 0.29) is 5.56 Å². The lowest BCUT2D eigenvalue weighted by Crippen LogP contribution is -2.09. The highest BCUT2D eigenvalue weighted by Crippen LogP contribution is 2.20. The van der Waals surface area contributed by atoms with Crippen molar-refractivity contribution >= 4 is 11.8 Å². The van der Waals surface area contributed by atoms with E-state index in [1.807, 2.05) is 42.5 Å². The van der Waals surface area contributed by atoms with Crippen molar-refractivity contribution in [1.29, 1.82) is 0 Å². The molecule has 2 aromatic carbocycles. The number of hydrogen-bond donors (Lipinski definition) is 1. The zero-order valence-corrected chi connectivity index (χ0v) is 15.1. The summed E-state index contributed by atoms with van der Waals surface area (Å²) in [6.07, 6.45) is 0. The van der Waals surface area contributed by atoms with Crippen LogP contribution in [0.4, 0.5) is 0 Å². The minimum atomic E-state index is -0.147. The van der Waals surface area contributed by atoms with Crippen molar-refractivity contribution in [3.8, 4) is 17.0 Å². The second kappa shape index (κ2) is 8.03. The first-order valence-electron chi connectivity index (χ1n) is 8.11. The van der Waals surface area contributed by atoms with Crippen LogP contribution in [-0.4, -0.2) is 22.3 Å². The van der Waals surface area contributed by atoms with Crippen LogP contribution in [0.15, 0.2) is 64.5 Å². The van der Waals surface area contributed by atoms with E-state index in [2.05, 4.69) is 29.9 Å². The predicted molar refractivity (Wildman–Crippen MR) is 102 cm³/mol. The minimum Gasteiger partial charge on any atom is -0.493 e. The molecule has 3 aromatic rings. The summed E-state index contributed by atoms with van der Waals surface area (Å²) in [7, 11) is 0. The van der Waals surface area contributed by atoms with Gasteiger partial charge in [-0.1, -0.05) is 48.2 Å². The summed E-state index contributed by atoms with van der Waals surface area (Å²) in [5, 5.41) is 0.607. The maximum absolute atomic E-state index is 11.9. The molecular formula is C20H20N2O2S. The molecule has 0 saturated heterocycles. The average Bonchev–Trinajstić information content (AvgIpc) is 2.62. The molecule has 1 N–H and O–H groups in total. The smallest absolute Gasteiger partial charge is 0.252 e. The normalized spacial score (nSPS) is 10.6. The van der Waals surface area contributed by atoms with Gasteiger partial charge >= 0.3 is 0 Å². The van der Waals surface area contributed by atoms with Gasteiger partial charge in [0, 0.05) is 17.4 Å². The number of aromatic nitrogens is 2. The summed E-state index contributed by atoms with van der Waals surface area (Å²) in [5.41, 5.74) is 3.93. The van der Waals surface area contributed by atoms with Gasteiger partial charge in [0.05, 0.1) is 12.3 Å². The molecule has 0 unspecified atom stereocenters. The van der Waals surface area contributed by atoms with Gasteiger partial charge in [-0.25, -0.2) is 4.98 Å². The number of aromatic amines is 1. The number of aryl methyl sites for hydroxylation is 2. The Kier molecular flexibility index (Phi) is 5.56. The second-order valence-electron chi connectivity index (χ2n) is 5.74. The lowest BCUT2D eigenvalue weighted by molar-refractivity contribution is 0.343. The van der Waals surface area contributed by atoms with Crippen molar-refractivity contribution in [2.24, 2.45) is 0 Å². The highest BCUT2D eigenvalue weighted by Gasteiger charge is 2.05. The van der Waals surface area contributed by atoms with Gasteiger partial charge in [-0.05, 0) is 37.1 Å². The minimum absolute atomic E-state index is 0.147. The summed E-state index contributed by atoms with van der Waals surface area (Å²) >= 11 is 1.48. The zero-order valence-electron chi connectivity index (χ0n) is 14.3. The molecule has 0 amide bonds. The molecule has 0 aliphatic heterocycles. The van der Waals surface area contributed by atoms with Crippen LogP contribution in [0.25, 0.3) is 11.3 Å². The maximum atomic E-state index is 11.9. The van der Waals surface area contributed by atoms with E-state index >= 15 is 0 Å². The van der Waals surface area contributed by atoms with Crippen molar-refractivity contribution in [1.82, 2.24) is 9.97 Å². The molecule has 5 heteroatoms. The van der Waals surface area contributed by atoms with Gasteiger partial charge in [-0.3, -0.25) is 4.79 Å². The molecule has 0 aliphatic rings. The van der Waals surface area contributed by atoms with Crippen molar-refractivity contribution in [2.75, 3.05) is 12.4 Å². The standard InChI is InChI=1S/C20H20N2O2S/c1-14-8-9-17(12-15(14)2)24-10-11-25-20-21-18(13-19(23)22-20)16-6-4-3-5-7-16/h3-9,12-13H,10-11H2,1-2H3,(H,21,22,23). The number of nitrogens with zero attached hydrogens (tertiary/aromatic N) is 1. The Balaban J connectivity index is 1.60. The summed E-state index contributed by atoms with van der Waals surface area (Å²) in [6, 6.07) is 17.3. The van der Waals surface area contributed by atoms with Crippen LogP contribution in [0.3, 0.4) is 0 Å². The van der Waals surface area contributed by atoms with Gasteiger partial charge in [-0.2, -0.15) is 0 Å². The number of thioether (sulfide) groups is 1. The summed E-state index contributed by atoms with van der Waals surface area (Å²) in [4.78, 5) is 19.2. The Bertz CT molecular complexity index is 907. The van der Waals surface area contributed by atoms with E-state index in [1.165, 1.54) is 29.0 Å². The first-order valence-corrected chi connectivity index (χ1v) is 9.10. The summed E-state index contributed by atoms with van der Waals surface area (Å²) in [5.74, 6) is 1.57. The van der Waals surface area contributed by atoms with E-state index in [9.17, 15) is 4.79 Å². The lowest BCUT2D eigenvalue weighted by atomic mass is 10.1. The third-order valence-corrected chi connectivity index (χ3v) is 4.70. The number of H-pyrrole nitrogens is 1. The fourth-order valence-corrected chi connectivity index (χ4v) is 3.06. The molecule has 0 atom stereocenters. The van der Waals surface area contributed by atoms with Crippen LogP contribution < -0.4 is 10.3 Å². The Hall–Kier alpha value is -2.53. The average molecular weight is 352 g/mol. The SMILES string of the molecule is Cc1ccc(OCCSc2nc(-c3ccccc3)cc(=O)[nH]2)cc1C. The van der Waals surface area contributed by atoms with Crippen LogP contribution in [-0.2, 0) is 0 Å². The van der Waals surface area contributed by atoms with Crippen molar-refractivity contribution in [3.05, 3.63) is 76.1 Å². The molecule has 0 fully saturated rings. The molecule has 0 bridgehead atoms. The first kappa shape index (κ1) is 17.3. The molecular weight excluding hydrogens is 332 g/mol. The van der Waals surface area contributed by atoms with Crippen LogP contribution in [0.1, 0.15) is 11.1 Å². The van der Waals surface area contributed by atoms with Crippen molar-refractivity contribution < 1.29 is 4.74 Å². The van der Waals surface area contributed by atoms with E-state index in [0.717, 1.165) is 11.3 Å². The molecule has 25 heavy (non-hydrogen) atoms. The Morgan fingerprint density at radius 2 is 1.84 bits per heavy atom. The van der Waals surface area contributed by atoms with Gasteiger partial charge in [0.25, 0.3) is 5.56 Å². The third-order valence-electron chi connectivity index (χ3n) is 3.86. The molecule has 0 spiro atoms. The first-order chi connectivity index (χ1) is 12.1. The largest absolute Gasteiger partial charge is 0.493 e. The fourth-order valence-electron chi connectivity index (χ4n) is 2.36. The second-order valence-corrected chi connectivity index (χ2v) is 6.83. The van der Waals surface area contributed by atoms with Crippen LogP contribution in [0, 0.1) is 13.8 Å². The molecule has 1 aromatic heterocycles. The molecule has 0 aliphatic carbocycles. The number of benzene rings is 2. The predicted octanol–water partition coefficient (Wildman–Crippen LogP) is 4.22. The van der Waals surface area contributed by atoms with E-state index in [0.29, 0.717) is 23.2 Å². The number of ether oxygens (including phenoxy) is 1. The maximum Gasteiger partial charge on any atom is 0.252 e. The van der Waals surface area contributed by atoms with Crippen LogP contribution >= 0.6 is 11.8 Å². The zero-order chi connectivity index (χ0) is 17.6. The van der Waals surface area contributed by atoms with Gasteiger partial charge in [0.1, 0.15) is 5.75 Å². The van der Waals surface area contributed by atoms with Crippen molar-refractivity contribution in [3.63, 3.8) is 0 Å². The Morgan fingerprint density at radius 1 is 1.04 bits per heavy atom.